The third-order valence-electron chi connectivity index (χ3n) is 4.77. The summed E-state index contributed by atoms with van der Waals surface area (Å²) in [5, 5.41) is 0.132. The zero-order valence-electron chi connectivity index (χ0n) is 17.4. The minimum Gasteiger partial charge on any atom is -0.379 e. The number of aryl methyl sites for hydroxylation is 1. The Bertz CT molecular complexity index is 1370. The van der Waals surface area contributed by atoms with Gasteiger partial charge in [0.2, 0.25) is 0 Å². The smallest absolute Gasteiger partial charge is 0.339 e. The predicted molar refractivity (Wildman–Crippen MR) is 128 cm³/mol. The Labute approximate surface area is 200 Å². The number of nitrogens with zero attached hydrogens (tertiary/aromatic N) is 1. The van der Waals surface area contributed by atoms with E-state index in [0.717, 1.165) is 27.8 Å². The van der Waals surface area contributed by atoms with Crippen LogP contribution in [0.5, 0.6) is 5.75 Å². The van der Waals surface area contributed by atoms with Crippen molar-refractivity contribution < 1.29 is 22.2 Å². The monoisotopic (exact) mass is 499 g/mol. The van der Waals surface area contributed by atoms with Gasteiger partial charge < -0.3 is 4.18 Å². The van der Waals surface area contributed by atoms with Crippen molar-refractivity contribution in [3.05, 3.63) is 99.4 Å². The molecule has 33 heavy (non-hydrogen) atoms. The quantitative estimate of drug-likeness (QED) is 0.322. The maximum atomic E-state index is 12.8. The summed E-state index contributed by atoms with van der Waals surface area (Å²) in [4.78, 5) is 26.6. The van der Waals surface area contributed by atoms with E-state index in [4.69, 9.17) is 15.8 Å². The second-order valence-electron chi connectivity index (χ2n) is 7.32. The zero-order chi connectivity index (χ0) is 23.6. The Balaban J connectivity index is 1.52. The van der Waals surface area contributed by atoms with Crippen LogP contribution in [0.15, 0.2) is 82.6 Å². The lowest BCUT2D eigenvalue weighted by molar-refractivity contribution is -0.123. The summed E-state index contributed by atoms with van der Waals surface area (Å²) in [5.74, 6) is -0.328. The van der Waals surface area contributed by atoms with E-state index in [1.54, 1.807) is 48.5 Å². The van der Waals surface area contributed by atoms with Gasteiger partial charge in [0, 0.05) is 5.02 Å². The molecule has 0 spiro atoms. The molecule has 0 saturated carbocycles. The molecule has 3 aromatic carbocycles. The molecule has 0 unspecified atom stereocenters. The number of hydrogen-bond acceptors (Lipinski definition) is 6. The molecule has 1 saturated heterocycles. The van der Waals surface area contributed by atoms with Gasteiger partial charge in [-0.15, -0.1) is 0 Å². The number of hydrogen-bond donors (Lipinski definition) is 0. The number of thioether (sulfide) groups is 1. The van der Waals surface area contributed by atoms with Crippen molar-refractivity contribution in [2.24, 2.45) is 0 Å². The molecule has 1 heterocycles. The molecule has 6 nitrogen and oxygen atoms in total. The lowest BCUT2D eigenvalue weighted by Crippen LogP contribution is -2.27. The van der Waals surface area contributed by atoms with Gasteiger partial charge in [0.1, 0.15) is 10.6 Å². The summed E-state index contributed by atoms with van der Waals surface area (Å²) in [7, 11) is -4.01. The molecule has 0 bridgehead atoms. The molecule has 4 rings (SSSR count). The van der Waals surface area contributed by atoms with E-state index in [-0.39, 0.29) is 27.3 Å². The molecule has 9 heteroatoms. The van der Waals surface area contributed by atoms with Crippen molar-refractivity contribution in [3.8, 4) is 5.75 Å². The van der Waals surface area contributed by atoms with Crippen LogP contribution in [0.4, 0.5) is 4.79 Å². The van der Waals surface area contributed by atoms with Gasteiger partial charge >= 0.3 is 10.1 Å². The van der Waals surface area contributed by atoms with Crippen LogP contribution in [0.25, 0.3) is 6.08 Å². The van der Waals surface area contributed by atoms with Crippen LogP contribution in [0.2, 0.25) is 5.02 Å². The number of imide groups is 1. The summed E-state index contributed by atoms with van der Waals surface area (Å²) in [5.41, 5.74) is 2.20. The Morgan fingerprint density at radius 2 is 1.73 bits per heavy atom. The number of halogens is 1. The van der Waals surface area contributed by atoms with Crippen molar-refractivity contribution >= 4 is 50.7 Å². The normalized spacial score (nSPS) is 15.3. The number of carbonyl (C=O) groups is 2. The first-order valence-electron chi connectivity index (χ1n) is 9.82. The van der Waals surface area contributed by atoms with Crippen LogP contribution in [0, 0.1) is 6.92 Å². The first-order valence-corrected chi connectivity index (χ1v) is 12.4. The minimum absolute atomic E-state index is 0.0423. The molecule has 1 fully saturated rings. The summed E-state index contributed by atoms with van der Waals surface area (Å²) in [6, 6.07) is 19.6. The number of rotatable bonds is 6. The van der Waals surface area contributed by atoms with Crippen molar-refractivity contribution in [2.45, 2.75) is 18.4 Å². The number of benzene rings is 3. The molecular formula is C24H18ClNO5S2. The largest absolute Gasteiger partial charge is 0.379 e. The fourth-order valence-electron chi connectivity index (χ4n) is 3.14. The molecule has 0 atom stereocenters. The van der Waals surface area contributed by atoms with Gasteiger partial charge in [-0.1, -0.05) is 53.6 Å². The zero-order valence-corrected chi connectivity index (χ0v) is 19.8. The van der Waals surface area contributed by atoms with Gasteiger partial charge in [-0.25, -0.2) is 0 Å². The maximum Gasteiger partial charge on any atom is 0.339 e. The molecule has 168 valence electrons. The van der Waals surface area contributed by atoms with Crippen LogP contribution in [-0.4, -0.2) is 24.5 Å². The first-order chi connectivity index (χ1) is 15.7. The Hall–Kier alpha value is -3.07. The third-order valence-corrected chi connectivity index (χ3v) is 7.18. The molecule has 0 radical (unpaired) electrons. The summed E-state index contributed by atoms with van der Waals surface area (Å²) in [6.07, 6.45) is 1.54. The highest BCUT2D eigenvalue weighted by atomic mass is 35.5. The Morgan fingerprint density at radius 3 is 2.45 bits per heavy atom. The standard InChI is InChI=1S/C24H18ClNO5S2/c1-16-8-10-21(11-9-16)33(29,30)31-20-7-3-4-17(13-20)14-22-23(27)26(24(28)32-22)15-18-5-2-6-19(25)12-18/h2-14H,15H2,1H3/b22-14-. The van der Waals surface area contributed by atoms with Gasteiger partial charge in [0.15, 0.2) is 0 Å². The van der Waals surface area contributed by atoms with Crippen molar-refractivity contribution in [3.63, 3.8) is 0 Å². The van der Waals surface area contributed by atoms with E-state index < -0.39 is 16.0 Å². The summed E-state index contributed by atoms with van der Waals surface area (Å²) < 4.78 is 30.3. The molecule has 0 aliphatic carbocycles. The van der Waals surface area contributed by atoms with Crippen LogP contribution in [0.1, 0.15) is 16.7 Å². The highest BCUT2D eigenvalue weighted by Gasteiger charge is 2.35. The van der Waals surface area contributed by atoms with Crippen LogP contribution in [-0.2, 0) is 21.5 Å². The maximum absolute atomic E-state index is 12.8. The fourth-order valence-corrected chi connectivity index (χ4v) is 5.12. The minimum atomic E-state index is -4.01. The van der Waals surface area contributed by atoms with Gasteiger partial charge in [0.25, 0.3) is 11.1 Å². The van der Waals surface area contributed by atoms with Crippen molar-refractivity contribution in [2.75, 3.05) is 0 Å². The van der Waals surface area contributed by atoms with Crippen LogP contribution < -0.4 is 4.18 Å². The van der Waals surface area contributed by atoms with E-state index in [9.17, 15) is 18.0 Å². The number of carbonyl (C=O) groups excluding carboxylic acids is 2. The highest BCUT2D eigenvalue weighted by Crippen LogP contribution is 2.34. The molecule has 0 N–H and O–H groups in total. The van der Waals surface area contributed by atoms with Gasteiger partial charge in [0.05, 0.1) is 11.4 Å². The second kappa shape index (κ2) is 9.43. The van der Waals surface area contributed by atoms with E-state index in [1.165, 1.54) is 30.3 Å². The average Bonchev–Trinajstić information content (AvgIpc) is 3.01. The molecule has 0 aromatic heterocycles. The first kappa shape index (κ1) is 23.1. The third kappa shape index (κ3) is 5.47. The van der Waals surface area contributed by atoms with Gasteiger partial charge in [-0.3, -0.25) is 14.5 Å². The lowest BCUT2D eigenvalue weighted by atomic mass is 10.2. The van der Waals surface area contributed by atoms with E-state index in [2.05, 4.69) is 0 Å². The van der Waals surface area contributed by atoms with E-state index in [1.807, 2.05) is 6.92 Å². The Kier molecular flexibility index (Phi) is 6.60. The molecule has 1 aliphatic heterocycles. The van der Waals surface area contributed by atoms with E-state index >= 15 is 0 Å². The van der Waals surface area contributed by atoms with Gasteiger partial charge in [-0.05, 0) is 72.3 Å². The SMILES string of the molecule is Cc1ccc(S(=O)(=O)Oc2cccc(/C=C3\SC(=O)N(Cc4cccc(Cl)c4)C3=O)c2)cc1. The molecule has 2 amide bonds. The average molecular weight is 500 g/mol. The second-order valence-corrected chi connectivity index (χ2v) is 10.3. The highest BCUT2D eigenvalue weighted by molar-refractivity contribution is 8.18. The molecule has 3 aromatic rings. The fraction of sp³-hybridized carbons (Fsp3) is 0.0833. The number of amides is 2. The molecular weight excluding hydrogens is 482 g/mol. The summed E-state index contributed by atoms with van der Waals surface area (Å²) >= 11 is 6.81. The van der Waals surface area contributed by atoms with Crippen LogP contribution in [0.3, 0.4) is 0 Å². The van der Waals surface area contributed by atoms with Crippen molar-refractivity contribution in [1.82, 2.24) is 4.90 Å². The predicted octanol–water partition coefficient (Wildman–Crippen LogP) is 5.65. The summed E-state index contributed by atoms with van der Waals surface area (Å²) in [6.45, 7) is 1.97. The Morgan fingerprint density at radius 1 is 1.00 bits per heavy atom. The topological polar surface area (TPSA) is 80.8 Å². The van der Waals surface area contributed by atoms with Crippen molar-refractivity contribution in [1.29, 1.82) is 0 Å². The lowest BCUT2D eigenvalue weighted by Gasteiger charge is -2.12. The van der Waals surface area contributed by atoms with Gasteiger partial charge in [-0.2, -0.15) is 8.42 Å². The van der Waals surface area contributed by atoms with Crippen LogP contribution >= 0.6 is 23.4 Å². The molecule has 1 aliphatic rings. The van der Waals surface area contributed by atoms with E-state index in [0.29, 0.717) is 10.6 Å².